The number of carboxylic acids is 1. The molecule has 0 atom stereocenters. The van der Waals surface area contributed by atoms with Crippen LogP contribution < -0.4 is 0 Å². The fourth-order valence-electron chi connectivity index (χ4n) is 2.90. The second-order valence-corrected chi connectivity index (χ2v) is 5.51. The molecule has 0 unspecified atom stereocenters. The van der Waals surface area contributed by atoms with Crippen molar-refractivity contribution in [1.29, 1.82) is 0 Å². The second-order valence-electron chi connectivity index (χ2n) is 5.51. The second kappa shape index (κ2) is 4.99. The van der Waals surface area contributed by atoms with Gasteiger partial charge in [-0.25, -0.2) is 4.79 Å². The number of hydrogen-bond acceptors (Lipinski definition) is 4. The van der Waals surface area contributed by atoms with Gasteiger partial charge in [0, 0.05) is 18.5 Å². The van der Waals surface area contributed by atoms with Gasteiger partial charge >= 0.3 is 5.97 Å². The molecule has 0 bridgehead atoms. The molecule has 0 amide bonds. The SMILES string of the molecule is O=C(O)c1cc2n(n1)CCN(Cc1cc3ccccc3o1)C2. The number of hydrogen-bond donors (Lipinski definition) is 1. The molecule has 1 aliphatic heterocycles. The summed E-state index contributed by atoms with van der Waals surface area (Å²) in [5, 5.41) is 14.2. The van der Waals surface area contributed by atoms with Crippen molar-refractivity contribution in [3.8, 4) is 0 Å². The minimum absolute atomic E-state index is 0.112. The summed E-state index contributed by atoms with van der Waals surface area (Å²) in [6, 6.07) is 11.7. The van der Waals surface area contributed by atoms with Crippen LogP contribution in [0, 0.1) is 0 Å². The summed E-state index contributed by atoms with van der Waals surface area (Å²) in [4.78, 5) is 13.2. The van der Waals surface area contributed by atoms with Gasteiger partial charge in [0.1, 0.15) is 11.3 Å². The van der Waals surface area contributed by atoms with E-state index in [4.69, 9.17) is 9.52 Å². The fourth-order valence-corrected chi connectivity index (χ4v) is 2.90. The van der Waals surface area contributed by atoms with Crippen LogP contribution in [0.5, 0.6) is 0 Å². The molecule has 22 heavy (non-hydrogen) atoms. The highest BCUT2D eigenvalue weighted by atomic mass is 16.4. The third-order valence-corrected chi connectivity index (χ3v) is 3.95. The maximum absolute atomic E-state index is 11.0. The Morgan fingerprint density at radius 2 is 2.14 bits per heavy atom. The van der Waals surface area contributed by atoms with Crippen LogP contribution in [-0.2, 0) is 19.6 Å². The van der Waals surface area contributed by atoms with Gasteiger partial charge in [-0.1, -0.05) is 18.2 Å². The molecule has 0 fully saturated rings. The number of carboxylic acid groups (broad SMARTS) is 1. The van der Waals surface area contributed by atoms with Gasteiger partial charge in [0.05, 0.1) is 18.8 Å². The molecule has 0 saturated heterocycles. The van der Waals surface area contributed by atoms with E-state index >= 15 is 0 Å². The standard InChI is InChI=1S/C16H15N3O3/c20-16(21)14-8-12-9-18(5-6-19(12)17-14)10-13-7-11-3-1-2-4-15(11)22-13/h1-4,7-8H,5-6,9-10H2,(H,20,21). The molecule has 6 heteroatoms. The first-order valence-corrected chi connectivity index (χ1v) is 7.19. The molecule has 0 aliphatic carbocycles. The number of rotatable bonds is 3. The van der Waals surface area contributed by atoms with Crippen molar-refractivity contribution in [1.82, 2.24) is 14.7 Å². The van der Waals surface area contributed by atoms with Gasteiger partial charge in [0.15, 0.2) is 5.69 Å². The van der Waals surface area contributed by atoms with Gasteiger partial charge < -0.3 is 9.52 Å². The van der Waals surface area contributed by atoms with Gasteiger partial charge in [0.2, 0.25) is 0 Å². The fraction of sp³-hybridized carbons (Fsp3) is 0.250. The Labute approximate surface area is 126 Å². The molecular weight excluding hydrogens is 282 g/mol. The lowest BCUT2D eigenvalue weighted by atomic mass is 10.2. The summed E-state index contributed by atoms with van der Waals surface area (Å²) >= 11 is 0. The summed E-state index contributed by atoms with van der Waals surface area (Å²) in [7, 11) is 0. The number of carbonyl (C=O) groups is 1. The van der Waals surface area contributed by atoms with Gasteiger partial charge in [-0.3, -0.25) is 9.58 Å². The van der Waals surface area contributed by atoms with Crippen molar-refractivity contribution >= 4 is 16.9 Å². The third kappa shape index (κ3) is 2.27. The molecule has 4 rings (SSSR count). The Bertz CT molecular complexity index is 816. The largest absolute Gasteiger partial charge is 0.476 e. The van der Waals surface area contributed by atoms with E-state index in [0.717, 1.165) is 29.0 Å². The van der Waals surface area contributed by atoms with Gasteiger partial charge in [-0.05, 0) is 18.2 Å². The van der Waals surface area contributed by atoms with E-state index < -0.39 is 5.97 Å². The zero-order valence-corrected chi connectivity index (χ0v) is 11.9. The monoisotopic (exact) mass is 297 g/mol. The molecule has 3 heterocycles. The van der Waals surface area contributed by atoms with Crippen molar-refractivity contribution < 1.29 is 14.3 Å². The molecule has 0 spiro atoms. The average molecular weight is 297 g/mol. The van der Waals surface area contributed by atoms with E-state index in [1.165, 1.54) is 0 Å². The molecule has 6 nitrogen and oxygen atoms in total. The first-order chi connectivity index (χ1) is 10.7. The number of furan rings is 1. The maximum atomic E-state index is 11.0. The van der Waals surface area contributed by atoms with Crippen LogP contribution in [0.1, 0.15) is 21.9 Å². The normalized spacial score (nSPS) is 15.1. The highest BCUT2D eigenvalue weighted by Crippen LogP contribution is 2.22. The van der Waals surface area contributed by atoms with Crippen LogP contribution in [0.3, 0.4) is 0 Å². The molecule has 1 aromatic carbocycles. The minimum atomic E-state index is -0.981. The summed E-state index contributed by atoms with van der Waals surface area (Å²) in [5.74, 6) is -0.0571. The van der Waals surface area contributed by atoms with E-state index in [0.29, 0.717) is 19.6 Å². The summed E-state index contributed by atoms with van der Waals surface area (Å²) < 4.78 is 7.62. The maximum Gasteiger partial charge on any atom is 0.356 e. The van der Waals surface area contributed by atoms with E-state index in [-0.39, 0.29) is 5.69 Å². The quantitative estimate of drug-likeness (QED) is 0.803. The molecule has 0 saturated carbocycles. The smallest absolute Gasteiger partial charge is 0.356 e. The van der Waals surface area contributed by atoms with Crippen LogP contribution >= 0.6 is 0 Å². The first kappa shape index (κ1) is 13.1. The summed E-state index contributed by atoms with van der Waals surface area (Å²) in [6.07, 6.45) is 0. The molecular formula is C16H15N3O3. The summed E-state index contributed by atoms with van der Waals surface area (Å²) in [5.41, 5.74) is 1.94. The minimum Gasteiger partial charge on any atom is -0.476 e. The van der Waals surface area contributed by atoms with Crippen molar-refractivity contribution in [2.24, 2.45) is 0 Å². The topological polar surface area (TPSA) is 71.5 Å². The highest BCUT2D eigenvalue weighted by Gasteiger charge is 2.21. The first-order valence-electron chi connectivity index (χ1n) is 7.19. The van der Waals surface area contributed by atoms with Crippen molar-refractivity contribution in [3.63, 3.8) is 0 Å². The summed E-state index contributed by atoms with van der Waals surface area (Å²) in [6.45, 7) is 2.91. The molecule has 2 aromatic heterocycles. The van der Waals surface area contributed by atoms with E-state index in [1.54, 1.807) is 10.7 Å². The average Bonchev–Trinajstić information content (AvgIpc) is 3.09. The lowest BCUT2D eigenvalue weighted by Crippen LogP contribution is -2.33. The third-order valence-electron chi connectivity index (χ3n) is 3.95. The zero-order valence-electron chi connectivity index (χ0n) is 11.9. The molecule has 112 valence electrons. The van der Waals surface area contributed by atoms with Gasteiger partial charge in [-0.2, -0.15) is 5.10 Å². The Balaban J connectivity index is 1.53. The van der Waals surface area contributed by atoms with Crippen molar-refractivity contribution in [2.45, 2.75) is 19.6 Å². The van der Waals surface area contributed by atoms with Crippen LogP contribution in [0.4, 0.5) is 0 Å². The molecule has 1 aliphatic rings. The number of para-hydroxylation sites is 1. The molecule has 1 N–H and O–H groups in total. The van der Waals surface area contributed by atoms with Crippen LogP contribution in [0.25, 0.3) is 11.0 Å². The van der Waals surface area contributed by atoms with Crippen LogP contribution in [-0.4, -0.2) is 32.3 Å². The Hall–Kier alpha value is -2.60. The predicted molar refractivity (Wildman–Crippen MR) is 79.5 cm³/mol. The zero-order chi connectivity index (χ0) is 15.1. The lowest BCUT2D eigenvalue weighted by molar-refractivity contribution is 0.0689. The number of aromatic carboxylic acids is 1. The Kier molecular flexibility index (Phi) is 2.97. The number of nitrogens with zero attached hydrogens (tertiary/aromatic N) is 3. The number of fused-ring (bicyclic) bond motifs is 2. The van der Waals surface area contributed by atoms with Crippen molar-refractivity contribution in [3.05, 3.63) is 53.5 Å². The Morgan fingerprint density at radius 1 is 1.27 bits per heavy atom. The van der Waals surface area contributed by atoms with Crippen LogP contribution in [0.15, 0.2) is 40.8 Å². The van der Waals surface area contributed by atoms with Crippen molar-refractivity contribution in [2.75, 3.05) is 6.54 Å². The predicted octanol–water partition coefficient (Wildman–Crippen LogP) is 2.34. The Morgan fingerprint density at radius 3 is 2.95 bits per heavy atom. The van der Waals surface area contributed by atoms with Gasteiger partial charge in [0.25, 0.3) is 0 Å². The van der Waals surface area contributed by atoms with Crippen LogP contribution in [0.2, 0.25) is 0 Å². The van der Waals surface area contributed by atoms with E-state index in [2.05, 4.69) is 16.1 Å². The number of aromatic nitrogens is 2. The molecule has 3 aromatic rings. The highest BCUT2D eigenvalue weighted by molar-refractivity contribution is 5.85. The van der Waals surface area contributed by atoms with Gasteiger partial charge in [-0.15, -0.1) is 0 Å². The number of benzene rings is 1. The lowest BCUT2D eigenvalue weighted by Gasteiger charge is -2.26. The molecule has 0 radical (unpaired) electrons. The van der Waals surface area contributed by atoms with E-state index in [1.807, 2.05) is 24.3 Å². The van der Waals surface area contributed by atoms with E-state index in [9.17, 15) is 4.79 Å².